The summed E-state index contributed by atoms with van der Waals surface area (Å²) in [7, 11) is 2.57. The summed E-state index contributed by atoms with van der Waals surface area (Å²) in [6.07, 6.45) is 5.42. The van der Waals surface area contributed by atoms with Crippen LogP contribution in [0.4, 0.5) is 26.7 Å². The van der Waals surface area contributed by atoms with E-state index in [-0.39, 0.29) is 35.7 Å². The summed E-state index contributed by atoms with van der Waals surface area (Å²) in [6, 6.07) is 20.2. The maximum absolute atomic E-state index is 13.8. The third kappa shape index (κ3) is 8.16. The summed E-state index contributed by atoms with van der Waals surface area (Å²) in [5.41, 5.74) is 5.97. The lowest BCUT2D eigenvalue weighted by Gasteiger charge is -2.33. The van der Waals surface area contributed by atoms with Crippen LogP contribution in [-0.2, 0) is 19.1 Å². The van der Waals surface area contributed by atoms with Gasteiger partial charge in [-0.1, -0.05) is 52.0 Å². The zero-order valence-electron chi connectivity index (χ0n) is 35.8. The van der Waals surface area contributed by atoms with E-state index in [0.717, 1.165) is 65.3 Å². The van der Waals surface area contributed by atoms with Gasteiger partial charge in [0.25, 0.3) is 0 Å². The second-order valence-corrected chi connectivity index (χ2v) is 16.6. The first-order valence-corrected chi connectivity index (χ1v) is 21.2. The standard InChI is InChI=1S/C46H53N9O7/c1-26(2)39(51-45(58)60-5)43(56)53-20-10-14-34(53)41-47-24-31(49-41)28-17-19-37-36(22-28)55(30-12-8-7-9-13-30)33-18-16-29(23-38(33)62-37)32-25-48-42(50-32)35-15-11-21-54(35)44(57)40(27(3)4)52-46(59)61-6/h7-9,12-13,16-19,22-27,34-35,39-40H,10-11,14-15,20-21H2,1-6H3,(H,47,49)(H,48,50)(H,51,58)(H,52,59)/t34-,35-,39-,40-/m0/s1. The highest BCUT2D eigenvalue weighted by Crippen LogP contribution is 2.52. The summed E-state index contributed by atoms with van der Waals surface area (Å²) < 4.78 is 16.2. The van der Waals surface area contributed by atoms with E-state index in [9.17, 15) is 19.2 Å². The number of anilines is 3. The van der Waals surface area contributed by atoms with Gasteiger partial charge in [-0.15, -0.1) is 0 Å². The van der Waals surface area contributed by atoms with Crippen LogP contribution in [0.1, 0.15) is 77.1 Å². The molecule has 5 aromatic rings. The van der Waals surface area contributed by atoms with Gasteiger partial charge in [-0.05, 0) is 80.0 Å². The number of aromatic amines is 2. The molecule has 2 saturated heterocycles. The van der Waals surface area contributed by atoms with Crippen molar-refractivity contribution in [3.63, 3.8) is 0 Å². The van der Waals surface area contributed by atoms with Crippen LogP contribution < -0.4 is 20.3 Å². The molecule has 2 aromatic heterocycles. The maximum Gasteiger partial charge on any atom is 0.407 e. The summed E-state index contributed by atoms with van der Waals surface area (Å²) in [6.45, 7) is 8.71. The number of alkyl carbamates (subject to hydrolysis) is 2. The van der Waals surface area contributed by atoms with Gasteiger partial charge in [0, 0.05) is 29.9 Å². The number of fused-ring (bicyclic) bond motifs is 2. The minimum atomic E-state index is -0.722. The van der Waals surface area contributed by atoms with Crippen molar-refractivity contribution < 1.29 is 33.4 Å². The number of para-hydroxylation sites is 1. The zero-order valence-corrected chi connectivity index (χ0v) is 35.8. The molecule has 3 aliphatic heterocycles. The number of ether oxygens (including phenoxy) is 3. The Labute approximate surface area is 360 Å². The first kappa shape index (κ1) is 41.9. The van der Waals surface area contributed by atoms with E-state index in [0.29, 0.717) is 36.2 Å². The second kappa shape index (κ2) is 17.6. The maximum atomic E-state index is 13.8. The van der Waals surface area contributed by atoms with Crippen molar-refractivity contribution in [3.8, 4) is 34.0 Å². The fourth-order valence-corrected chi connectivity index (χ4v) is 8.69. The molecule has 324 valence electrons. The number of H-pyrrole nitrogens is 2. The smallest absolute Gasteiger partial charge is 0.407 e. The van der Waals surface area contributed by atoms with E-state index in [1.165, 1.54) is 14.2 Å². The normalized spacial score (nSPS) is 17.9. The van der Waals surface area contributed by atoms with Crippen LogP contribution in [0.3, 0.4) is 0 Å². The topological polar surface area (TPSA) is 187 Å². The van der Waals surface area contributed by atoms with Crippen LogP contribution >= 0.6 is 0 Å². The molecule has 0 bridgehead atoms. The molecule has 16 heteroatoms. The van der Waals surface area contributed by atoms with E-state index in [2.05, 4.69) is 43.7 Å². The van der Waals surface area contributed by atoms with Crippen molar-refractivity contribution in [2.75, 3.05) is 32.2 Å². The van der Waals surface area contributed by atoms with Gasteiger partial charge in [0.2, 0.25) is 11.8 Å². The molecule has 0 aliphatic carbocycles. The monoisotopic (exact) mass is 843 g/mol. The van der Waals surface area contributed by atoms with Crippen LogP contribution in [0.2, 0.25) is 0 Å². The first-order chi connectivity index (χ1) is 29.9. The molecule has 0 spiro atoms. The van der Waals surface area contributed by atoms with Crippen molar-refractivity contribution in [2.45, 2.75) is 77.5 Å². The lowest BCUT2D eigenvalue weighted by molar-refractivity contribution is -0.136. The number of rotatable bonds is 11. The van der Waals surface area contributed by atoms with Crippen LogP contribution in [0.25, 0.3) is 22.5 Å². The van der Waals surface area contributed by atoms with Crippen LogP contribution in [0.5, 0.6) is 11.5 Å². The largest absolute Gasteiger partial charge is 0.453 e. The lowest BCUT2D eigenvalue weighted by Crippen LogP contribution is -2.51. The Morgan fingerprint density at radius 3 is 1.71 bits per heavy atom. The van der Waals surface area contributed by atoms with Crippen LogP contribution in [0.15, 0.2) is 79.1 Å². The van der Waals surface area contributed by atoms with E-state index < -0.39 is 24.3 Å². The van der Waals surface area contributed by atoms with Crippen molar-refractivity contribution in [2.24, 2.45) is 11.8 Å². The minimum Gasteiger partial charge on any atom is -0.453 e. The van der Waals surface area contributed by atoms with E-state index in [1.54, 1.807) is 22.2 Å². The predicted octanol–water partition coefficient (Wildman–Crippen LogP) is 8.13. The van der Waals surface area contributed by atoms with Gasteiger partial charge in [-0.3, -0.25) is 9.59 Å². The summed E-state index contributed by atoms with van der Waals surface area (Å²) in [5.74, 6) is 2.09. The summed E-state index contributed by atoms with van der Waals surface area (Å²) in [4.78, 5) is 73.9. The Hall–Kier alpha value is -6.84. The van der Waals surface area contributed by atoms with Crippen molar-refractivity contribution >= 4 is 41.1 Å². The van der Waals surface area contributed by atoms with Crippen molar-refractivity contribution in [3.05, 3.63) is 90.8 Å². The number of amides is 4. The number of nitrogens with zero attached hydrogens (tertiary/aromatic N) is 5. The highest BCUT2D eigenvalue weighted by Gasteiger charge is 2.39. The number of aromatic nitrogens is 4. The number of imidazole rings is 2. The van der Waals surface area contributed by atoms with E-state index in [4.69, 9.17) is 24.2 Å². The Bertz CT molecular complexity index is 2450. The fourth-order valence-electron chi connectivity index (χ4n) is 8.69. The Kier molecular flexibility index (Phi) is 11.9. The third-order valence-electron chi connectivity index (χ3n) is 11.9. The molecule has 0 radical (unpaired) electrons. The summed E-state index contributed by atoms with van der Waals surface area (Å²) in [5, 5.41) is 5.42. The molecule has 3 aliphatic rings. The molecule has 62 heavy (non-hydrogen) atoms. The Morgan fingerprint density at radius 2 is 1.19 bits per heavy atom. The SMILES string of the molecule is COC(=O)N[C@H](C(=O)N1CCC[C@H]1c1ncc(-c2ccc3c(c2)Oc2ccc(-c4cnc([C@@H]5CCCN5C(=O)[C@@H](NC(=O)OC)C(C)C)[nH]4)cc2N3c2ccccc2)[nH]1)C(C)C. The fraction of sp³-hybridized carbons (Fsp3) is 0.391. The first-order valence-electron chi connectivity index (χ1n) is 21.2. The predicted molar refractivity (Wildman–Crippen MR) is 232 cm³/mol. The number of carbonyl (C=O) groups excluding carboxylic acids is 4. The molecule has 0 unspecified atom stereocenters. The summed E-state index contributed by atoms with van der Waals surface area (Å²) >= 11 is 0. The molecule has 5 heterocycles. The number of carbonyl (C=O) groups is 4. The minimum absolute atomic E-state index is 0.134. The van der Waals surface area contributed by atoms with E-state index >= 15 is 0 Å². The highest BCUT2D eigenvalue weighted by atomic mass is 16.5. The molecule has 4 atom stereocenters. The molecule has 16 nitrogen and oxygen atoms in total. The average molecular weight is 844 g/mol. The van der Waals surface area contributed by atoms with Gasteiger partial charge >= 0.3 is 12.2 Å². The van der Waals surface area contributed by atoms with Gasteiger partial charge in [0.1, 0.15) is 23.7 Å². The van der Waals surface area contributed by atoms with Crippen LogP contribution in [-0.4, -0.2) is 93.1 Å². The quantitative estimate of drug-likeness (QED) is 0.0992. The molecule has 4 amide bonds. The van der Waals surface area contributed by atoms with Gasteiger partial charge in [0.15, 0.2) is 11.5 Å². The van der Waals surface area contributed by atoms with Gasteiger partial charge in [-0.25, -0.2) is 19.6 Å². The van der Waals surface area contributed by atoms with Gasteiger partial charge in [0.05, 0.1) is 61.5 Å². The molecule has 3 aromatic carbocycles. The zero-order chi connectivity index (χ0) is 43.7. The lowest BCUT2D eigenvalue weighted by atomic mass is 10.0. The second-order valence-electron chi connectivity index (χ2n) is 16.6. The molecule has 8 rings (SSSR count). The number of nitrogens with one attached hydrogen (secondary N) is 4. The van der Waals surface area contributed by atoms with Gasteiger partial charge < -0.3 is 49.5 Å². The number of likely N-dealkylation sites (tertiary alicyclic amines) is 2. The Balaban J connectivity index is 1.05. The average Bonchev–Trinajstić information content (AvgIpc) is 4.13. The third-order valence-corrected chi connectivity index (χ3v) is 11.9. The number of benzene rings is 3. The highest BCUT2D eigenvalue weighted by molar-refractivity contribution is 5.90. The van der Waals surface area contributed by atoms with Crippen molar-refractivity contribution in [1.29, 1.82) is 0 Å². The van der Waals surface area contributed by atoms with Gasteiger partial charge in [-0.2, -0.15) is 0 Å². The number of hydrogen-bond acceptors (Lipinski definition) is 10. The molecule has 4 N–H and O–H groups in total. The van der Waals surface area contributed by atoms with Crippen LogP contribution in [0, 0.1) is 11.8 Å². The van der Waals surface area contributed by atoms with E-state index in [1.807, 2.05) is 76.2 Å². The number of methoxy groups -OCH3 is 2. The molecular formula is C46H53N9O7. The molecular weight excluding hydrogens is 791 g/mol. The van der Waals surface area contributed by atoms with Crippen molar-refractivity contribution in [1.82, 2.24) is 40.4 Å². The number of hydrogen-bond donors (Lipinski definition) is 4. The molecule has 0 saturated carbocycles. The molecule has 2 fully saturated rings. The Morgan fingerprint density at radius 1 is 0.677 bits per heavy atom.